The number of carbonyl (C=O) groups excluding carboxylic acids is 1. The van der Waals surface area contributed by atoms with Gasteiger partial charge in [0.15, 0.2) is 0 Å². The Bertz CT molecular complexity index is 948. The maximum absolute atomic E-state index is 12.3. The summed E-state index contributed by atoms with van der Waals surface area (Å²) in [5.41, 5.74) is 8.65. The van der Waals surface area contributed by atoms with Crippen molar-refractivity contribution in [3.05, 3.63) is 58.7 Å². The Kier molecular flexibility index (Phi) is 7.04. The number of aryl methyl sites for hydroxylation is 1. The number of ether oxygens (including phenoxy) is 1. The van der Waals surface area contributed by atoms with Gasteiger partial charge in [-0.2, -0.15) is 5.10 Å². The van der Waals surface area contributed by atoms with E-state index in [1.807, 2.05) is 24.3 Å². The van der Waals surface area contributed by atoms with Crippen molar-refractivity contribution in [3.8, 4) is 5.75 Å². The van der Waals surface area contributed by atoms with Crippen LogP contribution in [0, 0.1) is 6.92 Å². The Balaban J connectivity index is 1.72. The largest absolute Gasteiger partial charge is 0.497 e. The van der Waals surface area contributed by atoms with Crippen LogP contribution in [-0.4, -0.2) is 31.3 Å². The van der Waals surface area contributed by atoms with E-state index in [4.69, 9.17) is 4.74 Å². The van der Waals surface area contributed by atoms with Gasteiger partial charge in [0.2, 0.25) is 5.91 Å². The Morgan fingerprint density at radius 2 is 2.00 bits per heavy atom. The van der Waals surface area contributed by atoms with E-state index < -0.39 is 0 Å². The third-order valence-corrected chi connectivity index (χ3v) is 6.14. The molecule has 1 aliphatic rings. The Labute approximate surface area is 186 Å². The molecule has 31 heavy (non-hydrogen) atoms. The van der Waals surface area contributed by atoms with Crippen LogP contribution in [0.15, 0.2) is 41.5 Å². The number of hydrogen-bond acceptors (Lipinski definition) is 4. The number of rotatable bonds is 7. The molecule has 0 bridgehead atoms. The quantitative estimate of drug-likeness (QED) is 0.494. The third kappa shape index (κ3) is 5.27. The van der Waals surface area contributed by atoms with Crippen LogP contribution in [0.3, 0.4) is 0 Å². The minimum atomic E-state index is -0.138. The van der Waals surface area contributed by atoms with Crippen LogP contribution < -0.4 is 15.1 Å². The fourth-order valence-corrected chi connectivity index (χ4v) is 4.58. The second kappa shape index (κ2) is 9.54. The van der Waals surface area contributed by atoms with Crippen LogP contribution >= 0.6 is 0 Å². The van der Waals surface area contributed by atoms with Crippen molar-refractivity contribution in [1.29, 1.82) is 0 Å². The van der Waals surface area contributed by atoms with E-state index >= 15 is 0 Å². The normalized spacial score (nSPS) is 17.5. The summed E-state index contributed by atoms with van der Waals surface area (Å²) < 4.78 is 5.15. The van der Waals surface area contributed by atoms with Gasteiger partial charge in [-0.15, -0.1) is 0 Å². The molecule has 1 unspecified atom stereocenters. The lowest BCUT2D eigenvalue weighted by Crippen LogP contribution is -2.48. The monoisotopic (exact) mass is 421 g/mol. The third-order valence-electron chi connectivity index (χ3n) is 6.14. The van der Waals surface area contributed by atoms with Crippen LogP contribution in [0.1, 0.15) is 68.7 Å². The highest BCUT2D eigenvalue weighted by atomic mass is 16.5. The van der Waals surface area contributed by atoms with Gasteiger partial charge in [-0.3, -0.25) is 4.79 Å². The topological polar surface area (TPSA) is 53.9 Å². The molecule has 0 fully saturated rings. The fraction of sp³-hybridized carbons (Fsp3) is 0.462. The number of amides is 1. The molecule has 1 amide bonds. The minimum absolute atomic E-state index is 0.138. The SMILES string of the molecule is CCCN1c2cc(C)c(/C=N/NC(=O)Cc3ccc(OC)cc3)cc2C(C)CC1(C)C. The van der Waals surface area contributed by atoms with Gasteiger partial charge in [0.1, 0.15) is 5.75 Å². The van der Waals surface area contributed by atoms with Crippen LogP contribution in [0.5, 0.6) is 5.75 Å². The lowest BCUT2D eigenvalue weighted by molar-refractivity contribution is -0.120. The van der Waals surface area contributed by atoms with Gasteiger partial charge in [-0.25, -0.2) is 5.43 Å². The molecule has 1 N–H and O–H groups in total. The van der Waals surface area contributed by atoms with Gasteiger partial charge in [-0.1, -0.05) is 26.0 Å². The number of hydrazone groups is 1. The number of nitrogens with zero attached hydrogens (tertiary/aromatic N) is 2. The highest BCUT2D eigenvalue weighted by Gasteiger charge is 2.36. The number of methoxy groups -OCH3 is 1. The zero-order chi connectivity index (χ0) is 22.6. The smallest absolute Gasteiger partial charge is 0.244 e. The molecule has 2 aromatic rings. The number of nitrogens with one attached hydrogen (secondary N) is 1. The average molecular weight is 422 g/mol. The molecule has 5 heteroatoms. The molecule has 0 aliphatic carbocycles. The van der Waals surface area contributed by atoms with Gasteiger partial charge >= 0.3 is 0 Å². The first-order valence-corrected chi connectivity index (χ1v) is 11.1. The second-order valence-electron chi connectivity index (χ2n) is 9.15. The van der Waals surface area contributed by atoms with E-state index in [0.29, 0.717) is 5.92 Å². The molecule has 0 saturated heterocycles. The van der Waals surface area contributed by atoms with Crippen molar-refractivity contribution < 1.29 is 9.53 Å². The summed E-state index contributed by atoms with van der Waals surface area (Å²) in [5.74, 6) is 1.12. The van der Waals surface area contributed by atoms with Gasteiger partial charge in [-0.05, 0) is 86.1 Å². The average Bonchev–Trinajstić information content (AvgIpc) is 2.72. The van der Waals surface area contributed by atoms with E-state index in [9.17, 15) is 4.79 Å². The minimum Gasteiger partial charge on any atom is -0.497 e. The molecule has 2 aromatic carbocycles. The van der Waals surface area contributed by atoms with E-state index in [1.54, 1.807) is 13.3 Å². The van der Waals surface area contributed by atoms with E-state index in [1.165, 1.54) is 11.3 Å². The van der Waals surface area contributed by atoms with Crippen molar-refractivity contribution in [1.82, 2.24) is 5.43 Å². The van der Waals surface area contributed by atoms with Crippen molar-refractivity contribution in [2.45, 2.75) is 65.3 Å². The lowest BCUT2D eigenvalue weighted by atomic mass is 9.79. The zero-order valence-electron chi connectivity index (χ0n) is 19.7. The van der Waals surface area contributed by atoms with Crippen LogP contribution in [0.2, 0.25) is 0 Å². The maximum atomic E-state index is 12.3. The summed E-state index contributed by atoms with van der Waals surface area (Å²) in [6.45, 7) is 12.4. The van der Waals surface area contributed by atoms with E-state index in [0.717, 1.165) is 41.8 Å². The molecule has 0 saturated carbocycles. The number of benzene rings is 2. The Morgan fingerprint density at radius 3 is 2.65 bits per heavy atom. The standard InChI is InChI=1S/C26H35N3O2/c1-7-12-29-24-13-18(2)21(15-23(24)19(3)16-26(29,4)5)17-27-28-25(30)14-20-8-10-22(31-6)11-9-20/h8-11,13,15,17,19H,7,12,14,16H2,1-6H3,(H,28,30)/b27-17+. The Morgan fingerprint density at radius 1 is 1.29 bits per heavy atom. The number of anilines is 1. The van der Waals surface area contributed by atoms with E-state index in [-0.39, 0.29) is 17.9 Å². The highest BCUT2D eigenvalue weighted by molar-refractivity contribution is 5.86. The van der Waals surface area contributed by atoms with Gasteiger partial charge in [0.25, 0.3) is 0 Å². The molecule has 3 rings (SSSR count). The molecular weight excluding hydrogens is 386 g/mol. The number of fused-ring (bicyclic) bond motifs is 1. The predicted octanol–water partition coefficient (Wildman–Crippen LogP) is 5.20. The maximum Gasteiger partial charge on any atom is 0.244 e. The fourth-order valence-electron chi connectivity index (χ4n) is 4.58. The summed E-state index contributed by atoms with van der Waals surface area (Å²) in [7, 11) is 1.63. The van der Waals surface area contributed by atoms with Gasteiger partial charge in [0, 0.05) is 17.8 Å². The molecule has 0 aromatic heterocycles. The predicted molar refractivity (Wildman–Crippen MR) is 128 cm³/mol. The number of hydrogen-bond donors (Lipinski definition) is 1. The molecule has 1 heterocycles. The number of carbonyl (C=O) groups is 1. The summed E-state index contributed by atoms with van der Waals surface area (Å²) in [6.07, 6.45) is 4.29. The first-order valence-electron chi connectivity index (χ1n) is 11.1. The van der Waals surface area contributed by atoms with Gasteiger partial charge < -0.3 is 9.64 Å². The summed E-state index contributed by atoms with van der Waals surface area (Å²) in [5, 5.41) is 4.23. The summed E-state index contributed by atoms with van der Waals surface area (Å²) in [4.78, 5) is 14.8. The van der Waals surface area contributed by atoms with Crippen molar-refractivity contribution >= 4 is 17.8 Å². The molecule has 1 atom stereocenters. The first kappa shape index (κ1) is 22.9. The van der Waals surface area contributed by atoms with Crippen molar-refractivity contribution in [2.75, 3.05) is 18.6 Å². The zero-order valence-corrected chi connectivity index (χ0v) is 19.7. The van der Waals surface area contributed by atoms with Crippen LogP contribution in [-0.2, 0) is 11.2 Å². The second-order valence-corrected chi connectivity index (χ2v) is 9.15. The molecule has 0 radical (unpaired) electrons. The first-order chi connectivity index (χ1) is 14.7. The van der Waals surface area contributed by atoms with Crippen molar-refractivity contribution in [3.63, 3.8) is 0 Å². The molecule has 1 aliphatic heterocycles. The van der Waals surface area contributed by atoms with Gasteiger partial charge in [0.05, 0.1) is 19.7 Å². The molecule has 0 spiro atoms. The highest BCUT2D eigenvalue weighted by Crippen LogP contribution is 2.44. The van der Waals surface area contributed by atoms with Crippen LogP contribution in [0.25, 0.3) is 0 Å². The summed E-state index contributed by atoms with van der Waals surface area (Å²) in [6, 6.07) is 12.0. The Hall–Kier alpha value is -2.82. The molecule has 166 valence electrons. The molecule has 5 nitrogen and oxygen atoms in total. The lowest BCUT2D eigenvalue weighted by Gasteiger charge is -2.48. The van der Waals surface area contributed by atoms with Crippen molar-refractivity contribution in [2.24, 2.45) is 5.10 Å². The molecular formula is C26H35N3O2. The summed E-state index contributed by atoms with van der Waals surface area (Å²) >= 11 is 0. The van der Waals surface area contributed by atoms with E-state index in [2.05, 4.69) is 62.2 Å². The van der Waals surface area contributed by atoms with Crippen LogP contribution in [0.4, 0.5) is 5.69 Å².